The molecule has 1 aromatic carbocycles. The van der Waals surface area contributed by atoms with E-state index in [1.165, 1.54) is 19.2 Å². The van der Waals surface area contributed by atoms with Crippen LogP contribution in [0.2, 0.25) is 10.0 Å². The summed E-state index contributed by atoms with van der Waals surface area (Å²) in [6.45, 7) is 7.58. The fourth-order valence-electron chi connectivity index (χ4n) is 2.49. The smallest absolute Gasteiger partial charge is 0.466 e. The Kier molecular flexibility index (Phi) is 5.55. The van der Waals surface area contributed by atoms with Gasteiger partial charge in [0.25, 0.3) is 0 Å². The highest BCUT2D eigenvalue weighted by atomic mass is 35.5. The third-order valence-electron chi connectivity index (χ3n) is 4.65. The van der Waals surface area contributed by atoms with Crippen LogP contribution in [0.1, 0.15) is 45.5 Å². The molecule has 4 nitrogen and oxygen atoms in total. The molecule has 0 bridgehead atoms. The van der Waals surface area contributed by atoms with Crippen molar-refractivity contribution in [2.75, 3.05) is 7.11 Å². The minimum Gasteiger partial charge on any atom is -0.469 e. The molecule has 1 unspecified atom stereocenters. The lowest BCUT2D eigenvalue weighted by atomic mass is 9.66. The van der Waals surface area contributed by atoms with E-state index in [1.807, 2.05) is 27.7 Å². The van der Waals surface area contributed by atoms with Crippen LogP contribution in [0.3, 0.4) is 0 Å². The van der Waals surface area contributed by atoms with Crippen LogP contribution in [0, 0.1) is 5.82 Å². The molecule has 24 heavy (non-hydrogen) atoms. The molecule has 1 saturated heterocycles. The van der Waals surface area contributed by atoms with Gasteiger partial charge in [0.2, 0.25) is 0 Å². The first kappa shape index (κ1) is 19.5. The van der Waals surface area contributed by atoms with Crippen LogP contribution in [0.25, 0.3) is 0 Å². The molecule has 0 aromatic heterocycles. The van der Waals surface area contributed by atoms with Gasteiger partial charge in [-0.15, -0.1) is 0 Å². The Morgan fingerprint density at radius 1 is 1.21 bits per heavy atom. The Morgan fingerprint density at radius 3 is 2.25 bits per heavy atom. The summed E-state index contributed by atoms with van der Waals surface area (Å²) in [6, 6.07) is 2.52. The van der Waals surface area contributed by atoms with Gasteiger partial charge in [0.1, 0.15) is 5.82 Å². The molecule has 8 heteroatoms. The van der Waals surface area contributed by atoms with E-state index in [4.69, 9.17) is 37.2 Å². The van der Waals surface area contributed by atoms with Crippen molar-refractivity contribution in [1.29, 1.82) is 0 Å². The van der Waals surface area contributed by atoms with Gasteiger partial charge in [-0.1, -0.05) is 23.2 Å². The number of ether oxygens (including phenoxy) is 1. The lowest BCUT2D eigenvalue weighted by molar-refractivity contribution is -0.140. The minimum absolute atomic E-state index is 0.0614. The Hall–Kier alpha value is -0.815. The molecule has 0 aliphatic carbocycles. The highest BCUT2D eigenvalue weighted by molar-refractivity contribution is 6.48. The highest BCUT2D eigenvalue weighted by Gasteiger charge is 2.54. The zero-order chi connectivity index (χ0) is 18.3. The van der Waals surface area contributed by atoms with Crippen molar-refractivity contribution in [1.82, 2.24) is 0 Å². The number of hydrogen-bond donors (Lipinski definition) is 0. The Balaban J connectivity index is 2.44. The predicted octanol–water partition coefficient (Wildman–Crippen LogP) is 4.41. The Bertz CT molecular complexity index is 635. The SMILES string of the molecule is COC(=O)CC(B1OC(C)(C)C(C)(C)O1)c1cc(F)c(Cl)cc1Cl. The number of esters is 1. The maximum Gasteiger partial charge on any atom is 0.466 e. The van der Waals surface area contributed by atoms with Crippen LogP contribution in [0.4, 0.5) is 4.39 Å². The molecule has 1 heterocycles. The van der Waals surface area contributed by atoms with Gasteiger partial charge in [-0.25, -0.2) is 4.39 Å². The van der Waals surface area contributed by atoms with Crippen LogP contribution >= 0.6 is 23.2 Å². The molecule has 0 spiro atoms. The Morgan fingerprint density at radius 2 is 1.75 bits per heavy atom. The van der Waals surface area contributed by atoms with E-state index in [0.717, 1.165) is 0 Å². The lowest BCUT2D eigenvalue weighted by Crippen LogP contribution is -2.41. The van der Waals surface area contributed by atoms with Crippen LogP contribution in [0.5, 0.6) is 0 Å². The van der Waals surface area contributed by atoms with Crippen LogP contribution in [0.15, 0.2) is 12.1 Å². The Labute approximate surface area is 151 Å². The second kappa shape index (κ2) is 6.83. The average Bonchev–Trinajstić information content (AvgIpc) is 2.68. The first-order chi connectivity index (χ1) is 11.0. The maximum absolute atomic E-state index is 13.9. The van der Waals surface area contributed by atoms with E-state index in [-0.39, 0.29) is 16.5 Å². The van der Waals surface area contributed by atoms with Crippen molar-refractivity contribution >= 4 is 36.3 Å². The molecule has 0 radical (unpaired) electrons. The third kappa shape index (κ3) is 3.72. The number of methoxy groups -OCH3 is 1. The number of carbonyl (C=O) groups excluding carboxylic acids is 1. The summed E-state index contributed by atoms with van der Waals surface area (Å²) in [5, 5.41) is 0.152. The molecule has 1 fully saturated rings. The van der Waals surface area contributed by atoms with Crippen molar-refractivity contribution in [3.63, 3.8) is 0 Å². The fraction of sp³-hybridized carbons (Fsp3) is 0.562. The first-order valence-corrected chi connectivity index (χ1v) is 8.31. The topological polar surface area (TPSA) is 44.8 Å². The van der Waals surface area contributed by atoms with E-state index in [2.05, 4.69) is 0 Å². The monoisotopic (exact) mass is 376 g/mol. The molecule has 1 aliphatic rings. The van der Waals surface area contributed by atoms with Gasteiger partial charge in [0.05, 0.1) is 29.8 Å². The first-order valence-electron chi connectivity index (χ1n) is 7.55. The van der Waals surface area contributed by atoms with E-state index in [0.29, 0.717) is 5.56 Å². The van der Waals surface area contributed by atoms with Crippen molar-refractivity contribution in [3.05, 3.63) is 33.6 Å². The molecule has 1 aromatic rings. The number of benzene rings is 1. The number of carbonyl (C=O) groups is 1. The van der Waals surface area contributed by atoms with Gasteiger partial charge in [-0.05, 0) is 45.4 Å². The van der Waals surface area contributed by atoms with E-state index < -0.39 is 35.9 Å². The third-order valence-corrected chi connectivity index (χ3v) is 5.27. The van der Waals surface area contributed by atoms with Crippen LogP contribution < -0.4 is 0 Å². The molecule has 0 amide bonds. The standard InChI is InChI=1S/C16H20BCl2FO4/c1-15(2)16(3,4)24-17(23-15)10(7-14(21)22-5)9-6-13(20)12(19)8-11(9)18/h6,8,10H,7H2,1-5H3. The van der Waals surface area contributed by atoms with E-state index in [1.54, 1.807) is 0 Å². The summed E-state index contributed by atoms with van der Waals surface area (Å²) >= 11 is 12.0. The van der Waals surface area contributed by atoms with Gasteiger partial charge in [0.15, 0.2) is 0 Å². The lowest BCUT2D eigenvalue weighted by Gasteiger charge is -2.32. The quantitative estimate of drug-likeness (QED) is 0.443. The molecule has 1 aliphatic heterocycles. The maximum atomic E-state index is 13.9. The zero-order valence-corrected chi connectivity index (χ0v) is 15.8. The predicted molar refractivity (Wildman–Crippen MR) is 91.9 cm³/mol. The van der Waals surface area contributed by atoms with Gasteiger partial charge in [0, 0.05) is 10.8 Å². The molecule has 0 N–H and O–H groups in total. The normalized spacial score (nSPS) is 20.1. The summed E-state index contributed by atoms with van der Waals surface area (Å²) in [5.41, 5.74) is -0.796. The minimum atomic E-state index is -0.771. The van der Waals surface area contributed by atoms with Gasteiger partial charge >= 0.3 is 13.1 Å². The van der Waals surface area contributed by atoms with Crippen molar-refractivity contribution in [2.45, 2.75) is 51.1 Å². The number of hydrogen-bond acceptors (Lipinski definition) is 4. The van der Waals surface area contributed by atoms with Crippen LogP contribution in [-0.4, -0.2) is 31.4 Å². The van der Waals surface area contributed by atoms with Gasteiger partial charge in [-0.2, -0.15) is 0 Å². The molecule has 1 atom stereocenters. The molecule has 2 rings (SSSR count). The summed E-state index contributed by atoms with van der Waals surface area (Å²) in [7, 11) is 0.514. The summed E-state index contributed by atoms with van der Waals surface area (Å²) in [4.78, 5) is 11.8. The van der Waals surface area contributed by atoms with Crippen LogP contribution in [-0.2, 0) is 18.8 Å². The van der Waals surface area contributed by atoms with E-state index in [9.17, 15) is 9.18 Å². The second-order valence-corrected chi connectivity index (χ2v) is 7.61. The number of halogens is 3. The van der Waals surface area contributed by atoms with Crippen molar-refractivity contribution < 1.29 is 23.2 Å². The largest absolute Gasteiger partial charge is 0.469 e. The average molecular weight is 377 g/mol. The molecule has 0 saturated carbocycles. The number of rotatable bonds is 4. The van der Waals surface area contributed by atoms with Gasteiger partial charge < -0.3 is 14.0 Å². The highest BCUT2D eigenvalue weighted by Crippen LogP contribution is 2.43. The fourth-order valence-corrected chi connectivity index (χ4v) is 3.01. The van der Waals surface area contributed by atoms with E-state index >= 15 is 0 Å². The van der Waals surface area contributed by atoms with Gasteiger partial charge in [-0.3, -0.25) is 4.79 Å². The van der Waals surface area contributed by atoms with Crippen molar-refractivity contribution in [2.24, 2.45) is 0 Å². The molecular weight excluding hydrogens is 357 g/mol. The summed E-state index contributed by atoms with van der Waals surface area (Å²) < 4.78 is 30.7. The molecule has 132 valence electrons. The van der Waals surface area contributed by atoms with Crippen molar-refractivity contribution in [3.8, 4) is 0 Å². The molecular formula is C16H20BCl2FO4. The summed E-state index contributed by atoms with van der Waals surface area (Å²) in [6.07, 6.45) is -0.0614. The summed E-state index contributed by atoms with van der Waals surface area (Å²) in [5.74, 6) is -1.72. The zero-order valence-electron chi connectivity index (χ0n) is 14.3. The second-order valence-electron chi connectivity index (χ2n) is 6.80.